The summed E-state index contributed by atoms with van der Waals surface area (Å²) >= 11 is 6.15. The van der Waals surface area contributed by atoms with Crippen molar-refractivity contribution in [2.45, 2.75) is 19.4 Å². The number of hydrogen-bond acceptors (Lipinski definition) is 4. The quantitative estimate of drug-likeness (QED) is 0.670. The summed E-state index contributed by atoms with van der Waals surface area (Å²) in [5.74, 6) is 0.607. The highest BCUT2D eigenvalue weighted by molar-refractivity contribution is 6.31. The third-order valence-electron chi connectivity index (χ3n) is 3.77. The number of rotatable bonds is 5. The van der Waals surface area contributed by atoms with Gasteiger partial charge in [0, 0.05) is 19.2 Å². The molecule has 1 aliphatic heterocycles. The third-order valence-corrected chi connectivity index (χ3v) is 4.12. The van der Waals surface area contributed by atoms with E-state index in [1.165, 1.54) is 12.5 Å². The first kappa shape index (κ1) is 15.2. The van der Waals surface area contributed by atoms with Crippen molar-refractivity contribution in [1.29, 1.82) is 0 Å². The Morgan fingerprint density at radius 2 is 2.35 bits per heavy atom. The van der Waals surface area contributed by atoms with Crippen LogP contribution in [0.2, 0.25) is 5.02 Å². The maximum Gasteiger partial charge on any atom is 0.275 e. The molecule has 1 aromatic carbocycles. The predicted octanol–water partition coefficient (Wildman–Crippen LogP) is 2.68. The largest absolute Gasteiger partial charge is 0.319 e. The summed E-state index contributed by atoms with van der Waals surface area (Å²) in [6, 6.07) is 4.87. The minimum absolute atomic E-state index is 0.119. The van der Waals surface area contributed by atoms with E-state index in [1.807, 2.05) is 7.05 Å². The Bertz CT molecular complexity index is 479. The van der Waals surface area contributed by atoms with Crippen LogP contribution in [0.25, 0.3) is 0 Å². The number of nitrogens with one attached hydrogen (secondary N) is 1. The number of piperidine rings is 1. The first-order chi connectivity index (χ1) is 9.61. The third kappa shape index (κ3) is 3.69. The maximum absolute atomic E-state index is 11.1. The SMILES string of the molecule is CNCC1CCCN(Cc2c(Cl)cccc2[N+](=O)[O-])C1. The molecule has 1 unspecified atom stereocenters. The minimum atomic E-state index is -0.351. The molecule has 0 radical (unpaired) electrons. The number of hydrogen-bond donors (Lipinski definition) is 1. The maximum atomic E-state index is 11.1. The lowest BCUT2D eigenvalue weighted by atomic mass is 9.97. The van der Waals surface area contributed by atoms with Crippen molar-refractivity contribution in [3.63, 3.8) is 0 Å². The van der Waals surface area contributed by atoms with Gasteiger partial charge in [-0.25, -0.2) is 0 Å². The first-order valence-corrected chi connectivity index (χ1v) is 7.28. The van der Waals surface area contributed by atoms with E-state index in [0.717, 1.165) is 26.1 Å². The Hall–Kier alpha value is -1.17. The van der Waals surface area contributed by atoms with Crippen LogP contribution in [-0.2, 0) is 6.54 Å². The van der Waals surface area contributed by atoms with Crippen LogP contribution in [-0.4, -0.2) is 36.5 Å². The number of nitrogens with zero attached hydrogens (tertiary/aromatic N) is 2. The van der Waals surface area contributed by atoms with E-state index >= 15 is 0 Å². The summed E-state index contributed by atoms with van der Waals surface area (Å²) in [4.78, 5) is 13.0. The number of nitro groups is 1. The van der Waals surface area contributed by atoms with Crippen molar-refractivity contribution in [2.24, 2.45) is 5.92 Å². The lowest BCUT2D eigenvalue weighted by Gasteiger charge is -2.32. The molecule has 5 nitrogen and oxygen atoms in total. The van der Waals surface area contributed by atoms with Gasteiger partial charge in [-0.15, -0.1) is 0 Å². The Morgan fingerprint density at radius 1 is 1.55 bits per heavy atom. The molecular formula is C14H20ClN3O2. The van der Waals surface area contributed by atoms with E-state index in [4.69, 9.17) is 11.6 Å². The average molecular weight is 298 g/mol. The normalized spacial score (nSPS) is 20.0. The molecule has 0 bridgehead atoms. The van der Waals surface area contributed by atoms with Crippen molar-refractivity contribution in [3.05, 3.63) is 38.9 Å². The number of benzene rings is 1. The molecule has 1 aromatic rings. The molecule has 20 heavy (non-hydrogen) atoms. The van der Waals surface area contributed by atoms with Crippen molar-refractivity contribution in [1.82, 2.24) is 10.2 Å². The van der Waals surface area contributed by atoms with Gasteiger partial charge >= 0.3 is 0 Å². The molecule has 0 aliphatic carbocycles. The van der Waals surface area contributed by atoms with Gasteiger partial charge in [-0.2, -0.15) is 0 Å². The fourth-order valence-electron chi connectivity index (χ4n) is 2.85. The highest BCUT2D eigenvalue weighted by Gasteiger charge is 2.23. The van der Waals surface area contributed by atoms with Crippen LogP contribution in [0.15, 0.2) is 18.2 Å². The summed E-state index contributed by atoms with van der Waals surface area (Å²) < 4.78 is 0. The van der Waals surface area contributed by atoms with E-state index < -0.39 is 0 Å². The second-order valence-electron chi connectivity index (χ2n) is 5.30. The van der Waals surface area contributed by atoms with Gasteiger partial charge in [-0.3, -0.25) is 15.0 Å². The van der Waals surface area contributed by atoms with Crippen LogP contribution in [0.3, 0.4) is 0 Å². The van der Waals surface area contributed by atoms with Gasteiger partial charge in [0.15, 0.2) is 0 Å². The molecule has 1 heterocycles. The summed E-state index contributed by atoms with van der Waals surface area (Å²) in [6.45, 7) is 3.48. The lowest BCUT2D eigenvalue weighted by Crippen LogP contribution is -2.38. The molecule has 110 valence electrons. The molecule has 0 aromatic heterocycles. The zero-order valence-electron chi connectivity index (χ0n) is 11.6. The van der Waals surface area contributed by atoms with Crippen LogP contribution < -0.4 is 5.32 Å². The molecule has 6 heteroatoms. The van der Waals surface area contributed by atoms with E-state index in [0.29, 0.717) is 23.0 Å². The Kier molecular flexibility index (Phi) is 5.34. The van der Waals surface area contributed by atoms with Crippen LogP contribution in [0.1, 0.15) is 18.4 Å². The minimum Gasteiger partial charge on any atom is -0.319 e. The molecule has 2 rings (SSSR count). The molecule has 1 atom stereocenters. The van der Waals surface area contributed by atoms with E-state index in [2.05, 4.69) is 10.2 Å². The van der Waals surface area contributed by atoms with Gasteiger partial charge < -0.3 is 5.32 Å². The Balaban J connectivity index is 2.11. The van der Waals surface area contributed by atoms with Crippen molar-refractivity contribution < 1.29 is 4.92 Å². The summed E-state index contributed by atoms with van der Waals surface area (Å²) in [7, 11) is 1.96. The first-order valence-electron chi connectivity index (χ1n) is 6.90. The van der Waals surface area contributed by atoms with E-state index in [-0.39, 0.29) is 10.6 Å². The molecule has 0 spiro atoms. The molecule has 1 aliphatic rings. The van der Waals surface area contributed by atoms with E-state index in [9.17, 15) is 10.1 Å². The number of halogens is 1. The monoisotopic (exact) mass is 297 g/mol. The fraction of sp³-hybridized carbons (Fsp3) is 0.571. The fourth-order valence-corrected chi connectivity index (χ4v) is 3.08. The highest BCUT2D eigenvalue weighted by Crippen LogP contribution is 2.29. The molecular weight excluding hydrogens is 278 g/mol. The van der Waals surface area contributed by atoms with E-state index in [1.54, 1.807) is 12.1 Å². The average Bonchev–Trinajstić information content (AvgIpc) is 2.41. The molecule has 1 saturated heterocycles. The predicted molar refractivity (Wildman–Crippen MR) is 80.0 cm³/mol. The number of likely N-dealkylation sites (tertiary alicyclic amines) is 1. The van der Waals surface area contributed by atoms with Gasteiger partial charge in [0.25, 0.3) is 5.69 Å². The van der Waals surface area contributed by atoms with Crippen molar-refractivity contribution in [3.8, 4) is 0 Å². The van der Waals surface area contributed by atoms with Crippen LogP contribution >= 0.6 is 11.6 Å². The van der Waals surface area contributed by atoms with Gasteiger partial charge in [-0.1, -0.05) is 17.7 Å². The smallest absolute Gasteiger partial charge is 0.275 e. The molecule has 0 saturated carbocycles. The summed E-state index contributed by atoms with van der Waals surface area (Å²) in [5, 5.41) is 14.8. The van der Waals surface area contributed by atoms with Crippen molar-refractivity contribution in [2.75, 3.05) is 26.7 Å². The highest BCUT2D eigenvalue weighted by atomic mass is 35.5. The second kappa shape index (κ2) is 7.02. The zero-order chi connectivity index (χ0) is 14.5. The lowest BCUT2D eigenvalue weighted by molar-refractivity contribution is -0.385. The van der Waals surface area contributed by atoms with Gasteiger partial charge in [-0.05, 0) is 45.0 Å². The summed E-state index contributed by atoms with van der Waals surface area (Å²) in [5.41, 5.74) is 0.748. The van der Waals surface area contributed by atoms with Gasteiger partial charge in [0.05, 0.1) is 15.5 Å². The van der Waals surface area contributed by atoms with Gasteiger partial charge in [0.1, 0.15) is 0 Å². The molecule has 1 fully saturated rings. The second-order valence-corrected chi connectivity index (χ2v) is 5.70. The number of nitro benzene ring substituents is 1. The summed E-state index contributed by atoms with van der Waals surface area (Å²) in [6.07, 6.45) is 2.34. The standard InChI is InChI=1S/C14H20ClN3O2/c1-16-8-11-4-3-7-17(9-11)10-12-13(15)5-2-6-14(12)18(19)20/h2,5-6,11,16H,3-4,7-10H2,1H3. The Labute approximate surface area is 124 Å². The Morgan fingerprint density at radius 3 is 3.05 bits per heavy atom. The molecule has 0 amide bonds. The van der Waals surface area contributed by atoms with Crippen LogP contribution in [0.5, 0.6) is 0 Å². The van der Waals surface area contributed by atoms with Crippen LogP contribution in [0.4, 0.5) is 5.69 Å². The topological polar surface area (TPSA) is 58.4 Å². The zero-order valence-corrected chi connectivity index (χ0v) is 12.4. The molecule has 1 N–H and O–H groups in total. The van der Waals surface area contributed by atoms with Crippen molar-refractivity contribution >= 4 is 17.3 Å². The van der Waals surface area contributed by atoms with Crippen LogP contribution in [0, 0.1) is 16.0 Å². The van der Waals surface area contributed by atoms with Gasteiger partial charge in [0.2, 0.25) is 0 Å².